The maximum Gasteiger partial charge on any atom is 0.237 e. The Morgan fingerprint density at radius 1 is 1.13 bits per heavy atom. The van der Waals surface area contributed by atoms with Gasteiger partial charge in [-0.1, -0.05) is 42.1 Å². The van der Waals surface area contributed by atoms with Crippen molar-refractivity contribution >= 4 is 29.3 Å². The first-order chi connectivity index (χ1) is 14.4. The van der Waals surface area contributed by atoms with E-state index >= 15 is 0 Å². The molecular formula is C22H23FN4O2S. The maximum absolute atomic E-state index is 13.2. The van der Waals surface area contributed by atoms with Gasteiger partial charge in [-0.3, -0.25) is 9.59 Å². The highest BCUT2D eigenvalue weighted by atomic mass is 32.2. The lowest BCUT2D eigenvalue weighted by molar-refractivity contribution is -0.118. The number of H-pyrrole nitrogens is 1. The van der Waals surface area contributed by atoms with Gasteiger partial charge in [0.2, 0.25) is 11.8 Å². The van der Waals surface area contributed by atoms with Crippen molar-refractivity contribution in [2.75, 3.05) is 17.2 Å². The zero-order valence-electron chi connectivity index (χ0n) is 16.6. The number of hydrogen-bond acceptors (Lipinski definition) is 4. The third-order valence-electron chi connectivity index (χ3n) is 4.53. The molecular weight excluding hydrogens is 403 g/mol. The Kier molecular flexibility index (Phi) is 7.24. The van der Waals surface area contributed by atoms with Gasteiger partial charge in [-0.25, -0.2) is 9.37 Å². The fourth-order valence-corrected chi connectivity index (χ4v) is 3.76. The van der Waals surface area contributed by atoms with Gasteiger partial charge in [0, 0.05) is 30.8 Å². The topological polar surface area (TPSA) is 92.1 Å². The van der Waals surface area contributed by atoms with E-state index < -0.39 is 11.7 Å². The number of nitrogens with zero attached hydrogens (tertiary/aromatic N) is 2. The minimum atomic E-state index is -0.505. The van der Waals surface area contributed by atoms with Gasteiger partial charge in [0.1, 0.15) is 5.82 Å². The van der Waals surface area contributed by atoms with Crippen LogP contribution in [0.4, 0.5) is 10.1 Å². The standard InChI is InChI=1S/C22H23FN4O2S/c1-15-19(13-16-5-3-2-4-6-16)26-22(25-15)30-14-21(29)27(12-11-20(24)28)18-9-7-17(23)8-10-18/h2-10H,11-14H2,1H3,(H2,24,28)(H,25,26). The van der Waals surface area contributed by atoms with E-state index in [-0.39, 0.29) is 24.6 Å². The van der Waals surface area contributed by atoms with Crippen molar-refractivity contribution in [1.82, 2.24) is 9.97 Å². The van der Waals surface area contributed by atoms with Crippen molar-refractivity contribution < 1.29 is 14.0 Å². The van der Waals surface area contributed by atoms with Crippen molar-refractivity contribution in [3.63, 3.8) is 0 Å². The summed E-state index contributed by atoms with van der Waals surface area (Å²) in [5, 5.41) is 0.653. The molecule has 156 valence electrons. The first-order valence-corrected chi connectivity index (χ1v) is 10.5. The van der Waals surface area contributed by atoms with Crippen LogP contribution in [0.5, 0.6) is 0 Å². The van der Waals surface area contributed by atoms with Crippen LogP contribution >= 0.6 is 11.8 Å². The average Bonchev–Trinajstić information content (AvgIpc) is 3.07. The van der Waals surface area contributed by atoms with Gasteiger partial charge in [-0.15, -0.1) is 0 Å². The van der Waals surface area contributed by atoms with Gasteiger partial charge in [0.15, 0.2) is 5.16 Å². The molecule has 0 radical (unpaired) electrons. The lowest BCUT2D eigenvalue weighted by Gasteiger charge is -2.22. The molecule has 0 unspecified atom stereocenters. The Morgan fingerprint density at radius 2 is 1.83 bits per heavy atom. The van der Waals surface area contributed by atoms with Crippen LogP contribution in [0.1, 0.15) is 23.4 Å². The number of carbonyl (C=O) groups excluding carboxylic acids is 2. The van der Waals surface area contributed by atoms with E-state index in [0.29, 0.717) is 17.3 Å². The summed E-state index contributed by atoms with van der Waals surface area (Å²) in [5.41, 5.74) is 8.80. The minimum absolute atomic E-state index is 0.0227. The number of aromatic nitrogens is 2. The molecule has 2 amide bonds. The van der Waals surface area contributed by atoms with Crippen LogP contribution in [0.15, 0.2) is 59.8 Å². The largest absolute Gasteiger partial charge is 0.370 e. The average molecular weight is 427 g/mol. The molecule has 0 spiro atoms. The third kappa shape index (κ3) is 5.93. The van der Waals surface area contributed by atoms with E-state index in [0.717, 1.165) is 17.0 Å². The van der Waals surface area contributed by atoms with Gasteiger partial charge in [0.05, 0.1) is 11.4 Å². The van der Waals surface area contributed by atoms with E-state index in [9.17, 15) is 14.0 Å². The van der Waals surface area contributed by atoms with E-state index in [2.05, 4.69) is 9.97 Å². The number of carbonyl (C=O) groups is 2. The number of anilines is 1. The number of hydrogen-bond donors (Lipinski definition) is 2. The quantitative estimate of drug-likeness (QED) is 0.513. The molecule has 3 N–H and O–H groups in total. The monoisotopic (exact) mass is 426 g/mol. The van der Waals surface area contributed by atoms with Gasteiger partial charge in [-0.2, -0.15) is 0 Å². The molecule has 1 heterocycles. The van der Waals surface area contributed by atoms with E-state index in [1.807, 2.05) is 37.3 Å². The van der Waals surface area contributed by atoms with Gasteiger partial charge in [0.25, 0.3) is 0 Å². The van der Waals surface area contributed by atoms with Crippen molar-refractivity contribution in [1.29, 1.82) is 0 Å². The van der Waals surface area contributed by atoms with E-state index in [4.69, 9.17) is 5.73 Å². The number of amides is 2. The predicted octanol–water partition coefficient (Wildman–Crippen LogP) is 3.45. The van der Waals surface area contributed by atoms with Gasteiger partial charge >= 0.3 is 0 Å². The highest BCUT2D eigenvalue weighted by Gasteiger charge is 2.18. The number of nitrogens with two attached hydrogens (primary N) is 1. The first kappa shape index (κ1) is 21.6. The molecule has 0 atom stereocenters. The molecule has 0 bridgehead atoms. The summed E-state index contributed by atoms with van der Waals surface area (Å²) < 4.78 is 13.2. The second-order valence-electron chi connectivity index (χ2n) is 6.80. The fourth-order valence-electron chi connectivity index (χ4n) is 2.95. The number of benzene rings is 2. The van der Waals surface area contributed by atoms with Crippen LogP contribution in [0, 0.1) is 12.7 Å². The zero-order valence-corrected chi connectivity index (χ0v) is 17.4. The number of primary amides is 1. The van der Waals surface area contributed by atoms with Gasteiger partial charge in [-0.05, 0) is 36.8 Å². The smallest absolute Gasteiger partial charge is 0.237 e. The van der Waals surface area contributed by atoms with Crippen LogP contribution in [0.3, 0.4) is 0 Å². The SMILES string of the molecule is Cc1[nH]c(SCC(=O)N(CCC(N)=O)c2ccc(F)cc2)nc1Cc1ccccc1. The molecule has 2 aromatic carbocycles. The predicted molar refractivity (Wildman–Crippen MR) is 116 cm³/mol. The molecule has 0 saturated heterocycles. The number of imidazole rings is 1. The number of nitrogens with one attached hydrogen (secondary N) is 1. The summed E-state index contributed by atoms with van der Waals surface area (Å²) in [4.78, 5) is 33.3. The summed E-state index contributed by atoms with van der Waals surface area (Å²) in [5.74, 6) is -0.998. The second-order valence-corrected chi connectivity index (χ2v) is 7.77. The van der Waals surface area contributed by atoms with E-state index in [1.165, 1.54) is 40.9 Å². The lowest BCUT2D eigenvalue weighted by atomic mass is 10.1. The highest BCUT2D eigenvalue weighted by molar-refractivity contribution is 7.99. The molecule has 3 aromatic rings. The fraction of sp³-hybridized carbons (Fsp3) is 0.227. The van der Waals surface area contributed by atoms with Crippen LogP contribution in [-0.4, -0.2) is 34.1 Å². The van der Waals surface area contributed by atoms with Crippen molar-refractivity contribution in [2.24, 2.45) is 5.73 Å². The molecule has 0 aliphatic rings. The zero-order chi connectivity index (χ0) is 21.5. The van der Waals surface area contributed by atoms with Crippen molar-refractivity contribution in [2.45, 2.75) is 24.9 Å². The second kappa shape index (κ2) is 10.1. The minimum Gasteiger partial charge on any atom is -0.370 e. The summed E-state index contributed by atoms with van der Waals surface area (Å²) in [6, 6.07) is 15.6. The number of aromatic amines is 1. The summed E-state index contributed by atoms with van der Waals surface area (Å²) >= 11 is 1.29. The van der Waals surface area contributed by atoms with Crippen LogP contribution in [0.25, 0.3) is 0 Å². The van der Waals surface area contributed by atoms with Crippen LogP contribution in [-0.2, 0) is 16.0 Å². The molecule has 0 fully saturated rings. The molecule has 1 aromatic heterocycles. The Balaban J connectivity index is 1.66. The van der Waals surface area contributed by atoms with Crippen LogP contribution in [0.2, 0.25) is 0 Å². The number of aryl methyl sites for hydroxylation is 1. The Hall–Kier alpha value is -3.13. The molecule has 0 aliphatic carbocycles. The molecule has 0 aliphatic heterocycles. The van der Waals surface area contributed by atoms with Crippen molar-refractivity contribution in [3.8, 4) is 0 Å². The molecule has 6 nitrogen and oxygen atoms in total. The van der Waals surface area contributed by atoms with Crippen molar-refractivity contribution in [3.05, 3.63) is 77.4 Å². The van der Waals surface area contributed by atoms with Crippen LogP contribution < -0.4 is 10.6 Å². The molecule has 3 rings (SSSR count). The first-order valence-electron chi connectivity index (χ1n) is 9.49. The molecule has 0 saturated carbocycles. The Bertz CT molecular complexity index is 1010. The van der Waals surface area contributed by atoms with Gasteiger partial charge < -0.3 is 15.6 Å². The Morgan fingerprint density at radius 3 is 2.50 bits per heavy atom. The normalized spacial score (nSPS) is 10.7. The maximum atomic E-state index is 13.2. The van der Waals surface area contributed by atoms with E-state index in [1.54, 1.807) is 0 Å². The highest BCUT2D eigenvalue weighted by Crippen LogP contribution is 2.22. The summed E-state index contributed by atoms with van der Waals surface area (Å²) in [6.45, 7) is 2.09. The molecule has 8 heteroatoms. The lowest BCUT2D eigenvalue weighted by Crippen LogP contribution is -2.35. The summed E-state index contributed by atoms with van der Waals surface area (Å²) in [6.07, 6.45) is 0.729. The number of rotatable bonds is 9. The molecule has 30 heavy (non-hydrogen) atoms. The number of halogens is 1. The number of thioether (sulfide) groups is 1. The Labute approximate surface area is 178 Å². The third-order valence-corrected chi connectivity index (χ3v) is 5.39. The summed E-state index contributed by atoms with van der Waals surface area (Å²) in [7, 11) is 0.